The molecule has 0 aromatic heterocycles. The van der Waals surface area contributed by atoms with Gasteiger partial charge >= 0.3 is 0 Å². The van der Waals surface area contributed by atoms with Gasteiger partial charge in [0.05, 0.1) is 21.1 Å². The van der Waals surface area contributed by atoms with Crippen LogP contribution in [-0.4, -0.2) is 31.9 Å². The molecule has 0 saturated heterocycles. The maximum absolute atomic E-state index is 9.40. The third-order valence-corrected chi connectivity index (χ3v) is 1.91. The molecule has 0 N–H and O–H groups in total. The first-order chi connectivity index (χ1) is 7.49. The van der Waals surface area contributed by atoms with Crippen LogP contribution in [0, 0.1) is 0 Å². The lowest BCUT2D eigenvalue weighted by molar-refractivity contribution is -0.884. The summed E-state index contributed by atoms with van der Waals surface area (Å²) >= 11 is 0. The van der Waals surface area contributed by atoms with Crippen LogP contribution in [0.4, 0.5) is 0 Å². The van der Waals surface area contributed by atoms with Gasteiger partial charge in [-0.1, -0.05) is 37.3 Å². The number of unbranched alkanes of at least 4 members (excludes halogenated alkanes) is 1. The van der Waals surface area contributed by atoms with Crippen molar-refractivity contribution in [2.75, 3.05) is 21.1 Å². The highest BCUT2D eigenvalue weighted by Gasteiger charge is 2.06. The third kappa shape index (κ3) is 9.41. The van der Waals surface area contributed by atoms with Gasteiger partial charge in [-0.3, -0.25) is 0 Å². The molecule has 90 valence electrons. The summed E-state index contributed by atoms with van der Waals surface area (Å²) in [6.07, 6.45) is 2.61. The second-order valence-corrected chi connectivity index (χ2v) is 4.89. The maximum atomic E-state index is 9.40. The zero-order valence-corrected chi connectivity index (χ0v) is 10.9. The highest BCUT2D eigenvalue weighted by Crippen LogP contribution is 2.05. The molecule has 0 aliphatic carbocycles. The largest absolute Gasteiger partial charge is 0.327 e. The number of hydrogen-bond acceptors (Lipinski definition) is 1. The predicted octanol–water partition coefficient (Wildman–Crippen LogP) is 2.88. The number of carbonyl (C=O) groups is 1. The van der Waals surface area contributed by atoms with Gasteiger partial charge in [-0.15, -0.1) is 0 Å². The molecule has 0 bridgehead atoms. The lowest BCUT2D eigenvalue weighted by Gasteiger charge is -2.23. The molecule has 0 spiro atoms. The van der Waals surface area contributed by atoms with E-state index in [0.717, 1.165) is 23.7 Å². The summed E-state index contributed by atoms with van der Waals surface area (Å²) in [7, 11) is 6.60. The average molecular weight is 222 g/mol. The molecular formula is C14H24NO+. The zero-order chi connectivity index (χ0) is 12.4. The first-order valence-corrected chi connectivity index (χ1v) is 5.77. The van der Waals surface area contributed by atoms with E-state index in [1.165, 1.54) is 5.56 Å². The van der Waals surface area contributed by atoms with Gasteiger partial charge in [0.2, 0.25) is 0 Å². The number of quaternary nitrogens is 1. The highest BCUT2D eigenvalue weighted by molar-refractivity contribution is 5.48. The van der Waals surface area contributed by atoms with E-state index in [-0.39, 0.29) is 0 Å². The fourth-order valence-electron chi connectivity index (χ4n) is 1.25. The Morgan fingerprint density at radius 3 is 2.00 bits per heavy atom. The summed E-state index contributed by atoms with van der Waals surface area (Å²) in [6, 6.07) is 10.6. The van der Waals surface area contributed by atoms with Crippen molar-refractivity contribution in [2.45, 2.75) is 26.3 Å². The Bertz CT molecular complexity index is 275. The second kappa shape index (κ2) is 8.05. The lowest BCUT2D eigenvalue weighted by atomic mass is 10.2. The van der Waals surface area contributed by atoms with Crippen LogP contribution in [0.2, 0.25) is 0 Å². The van der Waals surface area contributed by atoms with Gasteiger partial charge in [0.1, 0.15) is 12.8 Å². The van der Waals surface area contributed by atoms with Crippen molar-refractivity contribution in [1.29, 1.82) is 0 Å². The lowest BCUT2D eigenvalue weighted by Crippen LogP contribution is -2.33. The van der Waals surface area contributed by atoms with Crippen molar-refractivity contribution in [3.05, 3.63) is 35.9 Å². The summed E-state index contributed by atoms with van der Waals surface area (Å²) < 4.78 is 0.990. The van der Waals surface area contributed by atoms with Crippen LogP contribution in [0.25, 0.3) is 0 Å². The van der Waals surface area contributed by atoms with Crippen molar-refractivity contribution in [3.8, 4) is 0 Å². The van der Waals surface area contributed by atoms with Crippen molar-refractivity contribution in [2.24, 2.45) is 0 Å². The van der Waals surface area contributed by atoms with Crippen LogP contribution in [0.5, 0.6) is 0 Å². The van der Waals surface area contributed by atoms with E-state index in [1.807, 2.05) is 6.92 Å². The van der Waals surface area contributed by atoms with Gasteiger partial charge in [0.25, 0.3) is 0 Å². The molecule has 0 heterocycles. The Hall–Kier alpha value is -1.15. The monoisotopic (exact) mass is 222 g/mol. The number of carbonyl (C=O) groups excluding carboxylic acids is 1. The fourth-order valence-corrected chi connectivity index (χ4v) is 1.25. The molecule has 1 aromatic rings. The normalized spacial score (nSPS) is 10.2. The molecule has 2 nitrogen and oxygen atoms in total. The van der Waals surface area contributed by atoms with Crippen LogP contribution in [-0.2, 0) is 11.3 Å². The number of aldehydes is 1. The van der Waals surface area contributed by atoms with Crippen molar-refractivity contribution < 1.29 is 9.28 Å². The molecule has 16 heavy (non-hydrogen) atoms. The molecule has 2 heteroatoms. The summed E-state index contributed by atoms with van der Waals surface area (Å²) in [5, 5.41) is 0. The van der Waals surface area contributed by atoms with E-state index in [2.05, 4.69) is 51.5 Å². The molecule has 1 rings (SSSR count). The SMILES string of the molecule is CCCC=O.C[N+](C)(C)Cc1ccccc1. The molecule has 0 atom stereocenters. The van der Waals surface area contributed by atoms with Crippen molar-refractivity contribution in [3.63, 3.8) is 0 Å². The van der Waals surface area contributed by atoms with Crippen molar-refractivity contribution >= 4 is 6.29 Å². The van der Waals surface area contributed by atoms with Gasteiger partial charge in [-0.25, -0.2) is 0 Å². The Balaban J connectivity index is 0.000000385. The van der Waals surface area contributed by atoms with Gasteiger partial charge in [-0.2, -0.15) is 0 Å². The number of hydrogen-bond donors (Lipinski definition) is 0. The minimum absolute atomic E-state index is 0.708. The molecule has 0 saturated carbocycles. The molecule has 0 amide bonds. The van der Waals surface area contributed by atoms with E-state index < -0.39 is 0 Å². The van der Waals surface area contributed by atoms with E-state index in [0.29, 0.717) is 6.42 Å². The van der Waals surface area contributed by atoms with Crippen LogP contribution in [0.1, 0.15) is 25.3 Å². The van der Waals surface area contributed by atoms with E-state index in [1.54, 1.807) is 0 Å². The molecule has 0 radical (unpaired) electrons. The Morgan fingerprint density at radius 1 is 1.12 bits per heavy atom. The van der Waals surface area contributed by atoms with Gasteiger partial charge in [0, 0.05) is 12.0 Å². The first-order valence-electron chi connectivity index (χ1n) is 5.77. The number of benzene rings is 1. The smallest absolute Gasteiger partial charge is 0.119 e. The van der Waals surface area contributed by atoms with Gasteiger partial charge in [0.15, 0.2) is 0 Å². The van der Waals surface area contributed by atoms with Gasteiger partial charge in [-0.05, 0) is 6.42 Å². The highest BCUT2D eigenvalue weighted by atomic mass is 16.1. The summed E-state index contributed by atoms with van der Waals surface area (Å²) in [5.41, 5.74) is 1.40. The molecule has 1 aromatic carbocycles. The molecule has 0 fully saturated rings. The summed E-state index contributed by atoms with van der Waals surface area (Å²) in [4.78, 5) is 9.40. The minimum atomic E-state index is 0.708. The summed E-state index contributed by atoms with van der Waals surface area (Å²) in [5.74, 6) is 0. The van der Waals surface area contributed by atoms with Crippen LogP contribution >= 0.6 is 0 Å². The average Bonchev–Trinajstić information content (AvgIpc) is 2.19. The van der Waals surface area contributed by atoms with E-state index in [4.69, 9.17) is 0 Å². The number of nitrogens with zero attached hydrogens (tertiary/aromatic N) is 1. The van der Waals surface area contributed by atoms with Crippen LogP contribution in [0.15, 0.2) is 30.3 Å². The minimum Gasteiger partial charge on any atom is -0.327 e. The van der Waals surface area contributed by atoms with Gasteiger partial charge < -0.3 is 9.28 Å². The topological polar surface area (TPSA) is 17.1 Å². The molecular weight excluding hydrogens is 198 g/mol. The quantitative estimate of drug-likeness (QED) is 0.565. The molecule has 0 aliphatic rings. The third-order valence-electron chi connectivity index (χ3n) is 1.91. The van der Waals surface area contributed by atoms with Crippen LogP contribution in [0.3, 0.4) is 0 Å². The van der Waals surface area contributed by atoms with Crippen LogP contribution < -0.4 is 0 Å². The van der Waals surface area contributed by atoms with E-state index >= 15 is 0 Å². The Labute approximate surface area is 99.5 Å². The number of rotatable bonds is 4. The molecule has 0 aliphatic heterocycles. The maximum Gasteiger partial charge on any atom is 0.119 e. The predicted molar refractivity (Wildman–Crippen MR) is 69.2 cm³/mol. The Morgan fingerprint density at radius 2 is 1.69 bits per heavy atom. The first kappa shape index (κ1) is 14.8. The van der Waals surface area contributed by atoms with Crippen molar-refractivity contribution in [1.82, 2.24) is 0 Å². The molecule has 0 unspecified atom stereocenters. The standard InChI is InChI=1S/C10H16N.C4H8O/c1-11(2,3)9-10-7-5-4-6-8-10;1-2-3-4-5/h4-8H,9H2,1-3H3;4H,2-3H2,1H3/q+1;. The second-order valence-electron chi connectivity index (χ2n) is 4.89. The zero-order valence-electron chi connectivity index (χ0n) is 10.9. The fraction of sp³-hybridized carbons (Fsp3) is 0.500. The van der Waals surface area contributed by atoms with E-state index in [9.17, 15) is 4.79 Å². The summed E-state index contributed by atoms with van der Waals surface area (Å²) in [6.45, 7) is 3.08. The Kier molecular flexibility index (Phi) is 7.48.